The van der Waals surface area contributed by atoms with Crippen LogP contribution >= 0.6 is 0 Å². The maximum absolute atomic E-state index is 4.99. The van der Waals surface area contributed by atoms with Crippen LogP contribution in [-0.2, 0) is 6.42 Å². The van der Waals surface area contributed by atoms with Crippen molar-refractivity contribution in [1.29, 1.82) is 0 Å². The first-order chi connectivity index (χ1) is 11.7. The fraction of sp³-hybridized carbons (Fsp3) is 0.300. The third kappa shape index (κ3) is 2.58. The number of anilines is 1. The van der Waals surface area contributed by atoms with Gasteiger partial charge in [-0.3, -0.25) is 4.98 Å². The first kappa shape index (κ1) is 14.9. The summed E-state index contributed by atoms with van der Waals surface area (Å²) in [6.07, 6.45) is 7.11. The number of hydrogen-bond acceptors (Lipinski definition) is 3. The van der Waals surface area contributed by atoms with Crippen molar-refractivity contribution in [3.05, 3.63) is 59.4 Å². The largest absolute Gasteiger partial charge is 0.370 e. The summed E-state index contributed by atoms with van der Waals surface area (Å²) in [6, 6.07) is 10.6. The molecule has 0 bridgehead atoms. The van der Waals surface area contributed by atoms with E-state index in [1.54, 1.807) is 0 Å². The van der Waals surface area contributed by atoms with E-state index in [0.29, 0.717) is 0 Å². The zero-order valence-corrected chi connectivity index (χ0v) is 14.2. The molecule has 4 heteroatoms. The van der Waals surface area contributed by atoms with Crippen LogP contribution in [0.1, 0.15) is 29.5 Å². The Morgan fingerprint density at radius 3 is 2.67 bits per heavy atom. The van der Waals surface area contributed by atoms with Gasteiger partial charge in [0.1, 0.15) is 5.82 Å². The SMILES string of the molecule is Cc1ccc(-n2nc(-c3ccncc3)c3c2NCCCC3)c(C)c1. The molecule has 3 heterocycles. The predicted molar refractivity (Wildman–Crippen MR) is 97.7 cm³/mol. The van der Waals surface area contributed by atoms with Crippen LogP contribution < -0.4 is 5.32 Å². The lowest BCUT2D eigenvalue weighted by atomic mass is 10.0. The monoisotopic (exact) mass is 318 g/mol. The van der Waals surface area contributed by atoms with Gasteiger partial charge in [-0.1, -0.05) is 17.7 Å². The number of pyridine rings is 1. The van der Waals surface area contributed by atoms with Crippen LogP contribution in [0.15, 0.2) is 42.7 Å². The summed E-state index contributed by atoms with van der Waals surface area (Å²) < 4.78 is 2.09. The van der Waals surface area contributed by atoms with Gasteiger partial charge >= 0.3 is 0 Å². The predicted octanol–water partition coefficient (Wildman–Crippen LogP) is 4.30. The topological polar surface area (TPSA) is 42.7 Å². The molecule has 2 aromatic heterocycles. The van der Waals surface area contributed by atoms with Gasteiger partial charge in [-0.15, -0.1) is 0 Å². The summed E-state index contributed by atoms with van der Waals surface area (Å²) in [5.41, 5.74) is 7.19. The number of nitrogens with one attached hydrogen (secondary N) is 1. The summed E-state index contributed by atoms with van der Waals surface area (Å²) in [5, 5.41) is 8.60. The summed E-state index contributed by atoms with van der Waals surface area (Å²) in [5.74, 6) is 1.14. The molecule has 0 fully saturated rings. The Labute approximate surface area is 142 Å². The van der Waals surface area contributed by atoms with Gasteiger partial charge in [0.25, 0.3) is 0 Å². The molecule has 3 aromatic rings. The first-order valence-corrected chi connectivity index (χ1v) is 8.58. The molecule has 0 amide bonds. The van der Waals surface area contributed by atoms with Crippen molar-refractivity contribution >= 4 is 5.82 Å². The van der Waals surface area contributed by atoms with E-state index in [1.807, 2.05) is 24.5 Å². The smallest absolute Gasteiger partial charge is 0.133 e. The van der Waals surface area contributed by atoms with Gasteiger partial charge in [-0.2, -0.15) is 5.10 Å². The van der Waals surface area contributed by atoms with E-state index in [0.717, 1.165) is 35.7 Å². The van der Waals surface area contributed by atoms with Crippen LogP contribution in [0.4, 0.5) is 5.82 Å². The lowest BCUT2D eigenvalue weighted by Gasteiger charge is -2.12. The van der Waals surface area contributed by atoms with E-state index < -0.39 is 0 Å². The van der Waals surface area contributed by atoms with Crippen LogP contribution in [0.25, 0.3) is 16.9 Å². The molecule has 0 unspecified atom stereocenters. The molecule has 1 N–H and O–H groups in total. The van der Waals surface area contributed by atoms with E-state index in [1.165, 1.54) is 29.5 Å². The molecule has 122 valence electrons. The van der Waals surface area contributed by atoms with Gasteiger partial charge in [0.05, 0.1) is 11.4 Å². The number of aromatic nitrogens is 3. The average molecular weight is 318 g/mol. The van der Waals surface area contributed by atoms with E-state index in [9.17, 15) is 0 Å². The zero-order valence-electron chi connectivity index (χ0n) is 14.2. The number of benzene rings is 1. The molecule has 4 rings (SSSR count). The maximum atomic E-state index is 4.99. The Balaban J connectivity index is 1.93. The molecular weight excluding hydrogens is 296 g/mol. The fourth-order valence-electron chi connectivity index (χ4n) is 3.46. The second-order valence-electron chi connectivity index (χ2n) is 6.50. The minimum atomic E-state index is 0.999. The highest BCUT2D eigenvalue weighted by molar-refractivity contribution is 5.71. The normalized spacial score (nSPS) is 13.9. The van der Waals surface area contributed by atoms with Gasteiger partial charge in [0, 0.05) is 30.1 Å². The standard InChI is InChI=1S/C20H22N4/c1-14-6-7-18(15(2)13-14)24-20-17(5-3-4-10-22-20)19(23-24)16-8-11-21-12-9-16/h6-9,11-13,22H,3-5,10H2,1-2H3. The number of fused-ring (bicyclic) bond motifs is 1. The molecule has 24 heavy (non-hydrogen) atoms. The molecule has 0 saturated heterocycles. The van der Waals surface area contributed by atoms with E-state index in [-0.39, 0.29) is 0 Å². The molecule has 0 saturated carbocycles. The fourth-order valence-corrected chi connectivity index (χ4v) is 3.46. The van der Waals surface area contributed by atoms with Crippen molar-refractivity contribution in [2.75, 3.05) is 11.9 Å². The maximum Gasteiger partial charge on any atom is 0.133 e. The summed E-state index contributed by atoms with van der Waals surface area (Å²) in [6.45, 7) is 5.28. The Morgan fingerprint density at radius 2 is 1.88 bits per heavy atom. The summed E-state index contributed by atoms with van der Waals surface area (Å²) in [7, 11) is 0. The third-order valence-corrected chi connectivity index (χ3v) is 4.66. The third-order valence-electron chi connectivity index (χ3n) is 4.66. The van der Waals surface area contributed by atoms with Crippen molar-refractivity contribution in [2.45, 2.75) is 33.1 Å². The Kier molecular flexibility index (Phi) is 3.81. The first-order valence-electron chi connectivity index (χ1n) is 8.58. The highest BCUT2D eigenvalue weighted by Gasteiger charge is 2.22. The lowest BCUT2D eigenvalue weighted by Crippen LogP contribution is -2.08. The summed E-state index contributed by atoms with van der Waals surface area (Å²) >= 11 is 0. The molecule has 1 aliphatic heterocycles. The number of nitrogens with zero attached hydrogens (tertiary/aromatic N) is 3. The molecule has 1 aromatic carbocycles. The Morgan fingerprint density at radius 1 is 1.04 bits per heavy atom. The van der Waals surface area contributed by atoms with Crippen molar-refractivity contribution in [3.63, 3.8) is 0 Å². The number of hydrogen-bond donors (Lipinski definition) is 1. The van der Waals surface area contributed by atoms with Crippen LogP contribution in [0, 0.1) is 13.8 Å². The number of aryl methyl sites for hydroxylation is 2. The van der Waals surface area contributed by atoms with Gasteiger partial charge in [-0.25, -0.2) is 4.68 Å². The highest BCUT2D eigenvalue weighted by Crippen LogP contribution is 2.34. The Bertz CT molecular complexity index is 865. The minimum absolute atomic E-state index is 0.999. The number of rotatable bonds is 2. The molecule has 4 nitrogen and oxygen atoms in total. The van der Waals surface area contributed by atoms with Crippen molar-refractivity contribution in [2.24, 2.45) is 0 Å². The lowest BCUT2D eigenvalue weighted by molar-refractivity contribution is 0.779. The van der Waals surface area contributed by atoms with E-state index in [2.05, 4.69) is 47.0 Å². The van der Waals surface area contributed by atoms with Gasteiger partial charge in [-0.05, 0) is 56.9 Å². The van der Waals surface area contributed by atoms with Crippen LogP contribution in [0.3, 0.4) is 0 Å². The molecule has 1 aliphatic rings. The van der Waals surface area contributed by atoms with Crippen LogP contribution in [-0.4, -0.2) is 21.3 Å². The average Bonchev–Trinajstić information content (AvgIpc) is 2.78. The Hall–Kier alpha value is -2.62. The molecule has 0 atom stereocenters. The molecule has 0 spiro atoms. The quantitative estimate of drug-likeness (QED) is 0.766. The van der Waals surface area contributed by atoms with Crippen LogP contribution in [0.2, 0.25) is 0 Å². The van der Waals surface area contributed by atoms with E-state index >= 15 is 0 Å². The van der Waals surface area contributed by atoms with Crippen molar-refractivity contribution in [3.8, 4) is 16.9 Å². The molecule has 0 radical (unpaired) electrons. The van der Waals surface area contributed by atoms with Crippen molar-refractivity contribution in [1.82, 2.24) is 14.8 Å². The van der Waals surface area contributed by atoms with E-state index in [4.69, 9.17) is 5.10 Å². The second kappa shape index (κ2) is 6.11. The molecular formula is C20H22N4. The van der Waals surface area contributed by atoms with Crippen LogP contribution in [0.5, 0.6) is 0 Å². The zero-order chi connectivity index (χ0) is 16.5. The second-order valence-corrected chi connectivity index (χ2v) is 6.50. The summed E-state index contributed by atoms with van der Waals surface area (Å²) in [4.78, 5) is 4.14. The van der Waals surface area contributed by atoms with Crippen molar-refractivity contribution < 1.29 is 0 Å². The van der Waals surface area contributed by atoms with Gasteiger partial charge in [0.2, 0.25) is 0 Å². The van der Waals surface area contributed by atoms with Gasteiger partial charge < -0.3 is 5.32 Å². The highest BCUT2D eigenvalue weighted by atomic mass is 15.3. The molecule has 0 aliphatic carbocycles. The van der Waals surface area contributed by atoms with Gasteiger partial charge in [0.15, 0.2) is 0 Å². The minimum Gasteiger partial charge on any atom is -0.370 e.